The molecule has 1 aliphatic heterocycles. The van der Waals surface area contributed by atoms with E-state index in [0.717, 1.165) is 5.56 Å². The van der Waals surface area contributed by atoms with Crippen molar-refractivity contribution in [3.63, 3.8) is 0 Å². The van der Waals surface area contributed by atoms with E-state index in [0.29, 0.717) is 6.42 Å². The van der Waals surface area contributed by atoms with Crippen molar-refractivity contribution in [3.05, 3.63) is 35.9 Å². The fourth-order valence-electron chi connectivity index (χ4n) is 1.80. The lowest BCUT2D eigenvalue weighted by Gasteiger charge is -2.24. The molecule has 0 aliphatic carbocycles. The highest BCUT2D eigenvalue weighted by molar-refractivity contribution is 5.88. The Bertz CT molecular complexity index is 432. The van der Waals surface area contributed by atoms with Crippen LogP contribution >= 0.6 is 0 Å². The Morgan fingerprint density at radius 1 is 1.33 bits per heavy atom. The van der Waals surface area contributed by atoms with Gasteiger partial charge in [0.05, 0.1) is 0 Å². The van der Waals surface area contributed by atoms with Crippen LogP contribution in [0.15, 0.2) is 30.3 Å². The second kappa shape index (κ2) is 5.64. The van der Waals surface area contributed by atoms with Gasteiger partial charge >= 0.3 is 5.97 Å². The van der Waals surface area contributed by atoms with Gasteiger partial charge in [-0.05, 0) is 18.4 Å². The third kappa shape index (κ3) is 3.07. The first kappa shape index (κ1) is 12.6. The van der Waals surface area contributed by atoms with E-state index in [4.69, 9.17) is 4.74 Å². The van der Waals surface area contributed by atoms with E-state index < -0.39 is 24.0 Å². The number of aliphatic hydroxyl groups is 1. The lowest BCUT2D eigenvalue weighted by Crippen LogP contribution is -2.50. The van der Waals surface area contributed by atoms with Crippen LogP contribution in [-0.4, -0.2) is 29.1 Å². The van der Waals surface area contributed by atoms with Crippen molar-refractivity contribution in [2.45, 2.75) is 31.6 Å². The van der Waals surface area contributed by atoms with E-state index in [1.807, 2.05) is 30.3 Å². The molecule has 5 heteroatoms. The molecule has 1 aromatic rings. The molecule has 1 aromatic carbocycles. The molecule has 2 atom stereocenters. The summed E-state index contributed by atoms with van der Waals surface area (Å²) in [7, 11) is 0. The van der Waals surface area contributed by atoms with Gasteiger partial charge in [0.25, 0.3) is 0 Å². The highest BCUT2D eigenvalue weighted by atomic mass is 16.5. The van der Waals surface area contributed by atoms with E-state index in [1.165, 1.54) is 0 Å². The Morgan fingerprint density at radius 2 is 2.06 bits per heavy atom. The number of piperidine rings is 1. The van der Waals surface area contributed by atoms with Crippen LogP contribution in [0.5, 0.6) is 0 Å². The first-order valence-electron chi connectivity index (χ1n) is 5.86. The molecule has 2 N–H and O–H groups in total. The molecule has 1 heterocycles. The quantitative estimate of drug-likeness (QED) is 0.759. The zero-order valence-corrected chi connectivity index (χ0v) is 9.83. The predicted octanol–water partition coefficient (Wildman–Crippen LogP) is 0.369. The zero-order valence-electron chi connectivity index (χ0n) is 9.83. The normalized spacial score (nSPS) is 23.3. The third-order valence-corrected chi connectivity index (χ3v) is 2.86. The average molecular weight is 249 g/mol. The first-order chi connectivity index (χ1) is 8.66. The van der Waals surface area contributed by atoms with Crippen LogP contribution in [0.25, 0.3) is 0 Å². The van der Waals surface area contributed by atoms with Crippen molar-refractivity contribution in [1.82, 2.24) is 5.32 Å². The molecule has 0 bridgehead atoms. The Hall–Kier alpha value is -1.88. The van der Waals surface area contributed by atoms with Crippen LogP contribution in [0, 0.1) is 0 Å². The van der Waals surface area contributed by atoms with Gasteiger partial charge in [-0.3, -0.25) is 4.79 Å². The van der Waals surface area contributed by atoms with Crippen LogP contribution in [0.2, 0.25) is 0 Å². The maximum atomic E-state index is 11.7. The second-order valence-corrected chi connectivity index (χ2v) is 4.25. The molecular weight excluding hydrogens is 234 g/mol. The number of rotatable bonds is 3. The molecule has 2 rings (SSSR count). The Kier molecular flexibility index (Phi) is 3.94. The molecule has 18 heavy (non-hydrogen) atoms. The summed E-state index contributed by atoms with van der Waals surface area (Å²) >= 11 is 0. The third-order valence-electron chi connectivity index (χ3n) is 2.86. The van der Waals surface area contributed by atoms with E-state index in [9.17, 15) is 14.7 Å². The standard InChI is InChI=1S/C13H15NO4/c15-11-7-6-10(14-12(11)16)13(17)18-8-9-4-2-1-3-5-9/h1-5,10-11,15H,6-8H2,(H,14,16)/t10-,11+/m0/s1. The molecule has 96 valence electrons. The molecule has 1 saturated heterocycles. The maximum Gasteiger partial charge on any atom is 0.328 e. The SMILES string of the molecule is O=C1N[C@H](C(=O)OCc2ccccc2)CC[C@H]1O. The molecule has 1 aliphatic rings. The lowest BCUT2D eigenvalue weighted by molar-refractivity contribution is -0.152. The van der Waals surface area contributed by atoms with Crippen molar-refractivity contribution in [3.8, 4) is 0 Å². The minimum absolute atomic E-state index is 0.189. The van der Waals surface area contributed by atoms with Gasteiger partial charge in [-0.15, -0.1) is 0 Å². The van der Waals surface area contributed by atoms with Gasteiger partial charge in [0.2, 0.25) is 5.91 Å². The van der Waals surface area contributed by atoms with Crippen molar-refractivity contribution in [1.29, 1.82) is 0 Å². The zero-order chi connectivity index (χ0) is 13.0. The highest BCUT2D eigenvalue weighted by Crippen LogP contribution is 2.11. The average Bonchev–Trinajstić information content (AvgIpc) is 2.40. The minimum atomic E-state index is -1.01. The number of ether oxygens (including phenoxy) is 1. The van der Waals surface area contributed by atoms with E-state index >= 15 is 0 Å². The van der Waals surface area contributed by atoms with Gasteiger partial charge < -0.3 is 15.2 Å². The second-order valence-electron chi connectivity index (χ2n) is 4.25. The molecule has 0 aromatic heterocycles. The number of esters is 1. The van der Waals surface area contributed by atoms with Crippen LogP contribution in [0.4, 0.5) is 0 Å². The van der Waals surface area contributed by atoms with Gasteiger partial charge in [0.15, 0.2) is 0 Å². The Morgan fingerprint density at radius 3 is 2.72 bits per heavy atom. The van der Waals surface area contributed by atoms with E-state index in [1.54, 1.807) is 0 Å². The fourth-order valence-corrected chi connectivity index (χ4v) is 1.80. The molecule has 0 radical (unpaired) electrons. The van der Waals surface area contributed by atoms with Gasteiger partial charge in [-0.25, -0.2) is 4.79 Å². The fraction of sp³-hybridized carbons (Fsp3) is 0.385. The molecule has 1 fully saturated rings. The van der Waals surface area contributed by atoms with Crippen molar-refractivity contribution in [2.75, 3.05) is 0 Å². The molecule has 0 saturated carbocycles. The molecule has 1 amide bonds. The van der Waals surface area contributed by atoms with Crippen molar-refractivity contribution < 1.29 is 19.4 Å². The minimum Gasteiger partial charge on any atom is -0.459 e. The number of hydrogen-bond acceptors (Lipinski definition) is 4. The van der Waals surface area contributed by atoms with Gasteiger partial charge in [0, 0.05) is 0 Å². The van der Waals surface area contributed by atoms with Gasteiger partial charge in [0.1, 0.15) is 18.8 Å². The maximum absolute atomic E-state index is 11.7. The molecule has 5 nitrogen and oxygen atoms in total. The van der Waals surface area contributed by atoms with Crippen LogP contribution in [0.3, 0.4) is 0 Å². The largest absolute Gasteiger partial charge is 0.459 e. The topological polar surface area (TPSA) is 75.6 Å². The number of benzene rings is 1. The summed E-state index contributed by atoms with van der Waals surface area (Å²) in [5, 5.41) is 11.7. The first-order valence-corrected chi connectivity index (χ1v) is 5.86. The highest BCUT2D eigenvalue weighted by Gasteiger charge is 2.31. The Balaban J connectivity index is 1.83. The molecular formula is C13H15NO4. The predicted molar refractivity (Wildman–Crippen MR) is 63.4 cm³/mol. The smallest absolute Gasteiger partial charge is 0.328 e. The van der Waals surface area contributed by atoms with Crippen LogP contribution in [0.1, 0.15) is 18.4 Å². The summed E-state index contributed by atoms with van der Waals surface area (Å²) in [6.07, 6.45) is -0.319. The van der Waals surface area contributed by atoms with Crippen LogP contribution < -0.4 is 5.32 Å². The summed E-state index contributed by atoms with van der Waals surface area (Å²) in [5.41, 5.74) is 0.896. The van der Waals surface area contributed by atoms with Crippen LogP contribution in [-0.2, 0) is 20.9 Å². The summed E-state index contributed by atoms with van der Waals surface area (Å²) in [6.45, 7) is 0.189. The van der Waals surface area contributed by atoms with E-state index in [-0.39, 0.29) is 13.0 Å². The summed E-state index contributed by atoms with van der Waals surface area (Å²) in [5.74, 6) is -0.970. The summed E-state index contributed by atoms with van der Waals surface area (Å²) in [6, 6.07) is 8.68. The van der Waals surface area contributed by atoms with Crippen molar-refractivity contribution >= 4 is 11.9 Å². The lowest BCUT2D eigenvalue weighted by atomic mass is 10.0. The van der Waals surface area contributed by atoms with E-state index in [2.05, 4.69) is 5.32 Å². The van der Waals surface area contributed by atoms with Gasteiger partial charge in [-0.1, -0.05) is 30.3 Å². The summed E-state index contributed by atoms with van der Waals surface area (Å²) in [4.78, 5) is 22.9. The number of hydrogen-bond donors (Lipinski definition) is 2. The van der Waals surface area contributed by atoms with Gasteiger partial charge in [-0.2, -0.15) is 0 Å². The number of carbonyl (C=O) groups excluding carboxylic acids is 2. The number of amides is 1. The molecule has 0 unspecified atom stereocenters. The number of aliphatic hydroxyl groups excluding tert-OH is 1. The van der Waals surface area contributed by atoms with Crippen molar-refractivity contribution in [2.24, 2.45) is 0 Å². The number of nitrogens with one attached hydrogen (secondary N) is 1. The number of carbonyl (C=O) groups is 2. The Labute approximate surface area is 105 Å². The monoisotopic (exact) mass is 249 g/mol. The summed E-state index contributed by atoms with van der Waals surface area (Å²) < 4.78 is 5.12. The molecule has 0 spiro atoms.